The Hall–Kier alpha value is -2.53. The SMILES string of the molecule is O=C(OCOC(=O)c1ccccc1O)c1ccccc1O.[Ni]. The van der Waals surface area contributed by atoms with Crippen molar-refractivity contribution in [2.45, 2.75) is 0 Å². The maximum Gasteiger partial charge on any atom is 0.344 e. The number of aromatic hydroxyl groups is 2. The van der Waals surface area contributed by atoms with E-state index < -0.39 is 18.7 Å². The van der Waals surface area contributed by atoms with Gasteiger partial charge in [-0.1, -0.05) is 24.3 Å². The number of phenolic OH excluding ortho intramolecular Hbond substituents is 2. The van der Waals surface area contributed by atoms with Crippen molar-refractivity contribution in [3.8, 4) is 11.5 Å². The minimum absolute atomic E-state index is 0. The maximum atomic E-state index is 11.6. The molecule has 0 saturated heterocycles. The van der Waals surface area contributed by atoms with Crippen molar-refractivity contribution < 1.29 is 45.8 Å². The number of hydrogen-bond acceptors (Lipinski definition) is 6. The molecular formula is C15H12NiO6. The molecule has 0 bridgehead atoms. The van der Waals surface area contributed by atoms with E-state index in [1.807, 2.05) is 0 Å². The summed E-state index contributed by atoms with van der Waals surface area (Å²) in [6.45, 7) is -0.625. The van der Waals surface area contributed by atoms with Crippen LogP contribution < -0.4 is 0 Å². The van der Waals surface area contributed by atoms with E-state index in [1.54, 1.807) is 24.3 Å². The van der Waals surface area contributed by atoms with Crippen molar-refractivity contribution in [2.24, 2.45) is 0 Å². The first-order chi connectivity index (χ1) is 10.1. The molecule has 0 aromatic heterocycles. The monoisotopic (exact) mass is 346 g/mol. The van der Waals surface area contributed by atoms with Crippen LogP contribution in [0.2, 0.25) is 0 Å². The van der Waals surface area contributed by atoms with Gasteiger partial charge in [0.05, 0.1) is 0 Å². The van der Waals surface area contributed by atoms with Gasteiger partial charge in [0.1, 0.15) is 22.6 Å². The van der Waals surface area contributed by atoms with Crippen molar-refractivity contribution in [3.05, 3.63) is 59.7 Å². The molecule has 2 N–H and O–H groups in total. The Morgan fingerprint density at radius 1 is 0.773 bits per heavy atom. The van der Waals surface area contributed by atoms with Crippen LogP contribution in [0.1, 0.15) is 20.7 Å². The van der Waals surface area contributed by atoms with Gasteiger partial charge in [-0.25, -0.2) is 9.59 Å². The summed E-state index contributed by atoms with van der Waals surface area (Å²) >= 11 is 0. The predicted octanol–water partition coefficient (Wildman–Crippen LogP) is 2.07. The van der Waals surface area contributed by atoms with Gasteiger partial charge in [0.25, 0.3) is 0 Å². The number of ether oxygens (including phenoxy) is 2. The minimum atomic E-state index is -0.821. The Kier molecular flexibility index (Phi) is 6.41. The zero-order valence-corrected chi connectivity index (χ0v) is 12.2. The van der Waals surface area contributed by atoms with Gasteiger partial charge in [0, 0.05) is 16.5 Å². The molecule has 2 rings (SSSR count). The number of para-hydroxylation sites is 2. The van der Waals surface area contributed by atoms with E-state index in [9.17, 15) is 19.8 Å². The second kappa shape index (κ2) is 8.05. The molecule has 0 spiro atoms. The fraction of sp³-hybridized carbons (Fsp3) is 0.0667. The fourth-order valence-corrected chi connectivity index (χ4v) is 1.58. The van der Waals surface area contributed by atoms with Crippen LogP contribution in [0.25, 0.3) is 0 Å². The van der Waals surface area contributed by atoms with Crippen LogP contribution in [-0.4, -0.2) is 28.9 Å². The van der Waals surface area contributed by atoms with E-state index in [1.165, 1.54) is 24.3 Å². The second-order valence-electron chi connectivity index (χ2n) is 4.02. The number of rotatable bonds is 4. The van der Waals surface area contributed by atoms with E-state index in [4.69, 9.17) is 9.47 Å². The molecule has 0 unspecified atom stereocenters. The van der Waals surface area contributed by atoms with Crippen LogP contribution in [0.15, 0.2) is 48.5 Å². The van der Waals surface area contributed by atoms with E-state index in [0.717, 1.165) is 0 Å². The Bertz CT molecular complexity index is 613. The average molecular weight is 347 g/mol. The van der Waals surface area contributed by atoms with Crippen molar-refractivity contribution in [3.63, 3.8) is 0 Å². The van der Waals surface area contributed by atoms with E-state index in [-0.39, 0.29) is 39.1 Å². The molecule has 0 radical (unpaired) electrons. The minimum Gasteiger partial charge on any atom is -0.507 e. The number of carbonyl (C=O) groups is 2. The summed E-state index contributed by atoms with van der Waals surface area (Å²) in [5, 5.41) is 18.9. The maximum absolute atomic E-state index is 11.6. The van der Waals surface area contributed by atoms with Crippen LogP contribution in [-0.2, 0) is 26.0 Å². The molecular weight excluding hydrogens is 335 g/mol. The van der Waals surface area contributed by atoms with Gasteiger partial charge in [-0.05, 0) is 24.3 Å². The summed E-state index contributed by atoms with van der Waals surface area (Å²) in [6, 6.07) is 11.7. The van der Waals surface area contributed by atoms with Crippen molar-refractivity contribution >= 4 is 11.9 Å². The van der Waals surface area contributed by atoms with Gasteiger partial charge in [-0.2, -0.15) is 0 Å². The number of phenols is 2. The van der Waals surface area contributed by atoms with Gasteiger partial charge in [-0.15, -0.1) is 0 Å². The van der Waals surface area contributed by atoms with Crippen LogP contribution in [0, 0.1) is 0 Å². The Morgan fingerprint density at radius 2 is 1.14 bits per heavy atom. The first-order valence-corrected chi connectivity index (χ1v) is 6.00. The van der Waals surface area contributed by atoms with Crippen LogP contribution in [0.3, 0.4) is 0 Å². The molecule has 22 heavy (non-hydrogen) atoms. The summed E-state index contributed by atoms with van der Waals surface area (Å²) in [6.07, 6.45) is 0. The number of hydrogen-bond donors (Lipinski definition) is 2. The fourth-order valence-electron chi connectivity index (χ4n) is 1.58. The van der Waals surface area contributed by atoms with Crippen molar-refractivity contribution in [2.75, 3.05) is 6.79 Å². The molecule has 2 aromatic carbocycles. The second-order valence-corrected chi connectivity index (χ2v) is 4.02. The van der Waals surface area contributed by atoms with Crippen molar-refractivity contribution in [1.82, 2.24) is 0 Å². The van der Waals surface area contributed by atoms with Gasteiger partial charge in [0.2, 0.25) is 6.79 Å². The average Bonchev–Trinajstić information content (AvgIpc) is 2.48. The quantitative estimate of drug-likeness (QED) is 0.500. The predicted molar refractivity (Wildman–Crippen MR) is 71.9 cm³/mol. The normalized spacial score (nSPS) is 9.45. The summed E-state index contributed by atoms with van der Waals surface area (Å²) in [4.78, 5) is 23.3. The molecule has 0 heterocycles. The summed E-state index contributed by atoms with van der Waals surface area (Å²) < 4.78 is 9.43. The van der Waals surface area contributed by atoms with E-state index in [0.29, 0.717) is 0 Å². The first-order valence-electron chi connectivity index (χ1n) is 6.00. The standard InChI is InChI=1S/C15H12O6.Ni/c16-12-7-3-1-5-10(12)14(18)20-9-21-15(19)11-6-2-4-8-13(11)17;/h1-8,16-17H,9H2;. The molecule has 118 valence electrons. The molecule has 0 aliphatic rings. The topological polar surface area (TPSA) is 93.1 Å². The summed E-state index contributed by atoms with van der Waals surface area (Å²) in [5.74, 6) is -2.10. The molecule has 0 aliphatic carbocycles. The van der Waals surface area contributed by atoms with Gasteiger partial charge < -0.3 is 19.7 Å². The van der Waals surface area contributed by atoms with Crippen LogP contribution >= 0.6 is 0 Å². The Morgan fingerprint density at radius 3 is 1.50 bits per heavy atom. The molecule has 7 heteroatoms. The zero-order valence-electron chi connectivity index (χ0n) is 11.2. The van der Waals surface area contributed by atoms with Gasteiger partial charge in [0.15, 0.2) is 0 Å². The molecule has 0 atom stereocenters. The van der Waals surface area contributed by atoms with Gasteiger partial charge >= 0.3 is 11.9 Å². The van der Waals surface area contributed by atoms with E-state index in [2.05, 4.69) is 0 Å². The number of carbonyl (C=O) groups excluding carboxylic acids is 2. The molecule has 0 saturated carbocycles. The van der Waals surface area contributed by atoms with Crippen molar-refractivity contribution in [1.29, 1.82) is 0 Å². The summed E-state index contributed by atoms with van der Waals surface area (Å²) in [7, 11) is 0. The smallest absolute Gasteiger partial charge is 0.344 e. The molecule has 0 amide bonds. The largest absolute Gasteiger partial charge is 0.507 e. The molecule has 0 aliphatic heterocycles. The third-order valence-electron chi connectivity index (χ3n) is 2.63. The Labute approximate surface area is 136 Å². The molecule has 0 fully saturated rings. The molecule has 2 aromatic rings. The summed E-state index contributed by atoms with van der Waals surface area (Å²) in [5.41, 5.74) is -0.0628. The third kappa shape index (κ3) is 4.23. The van der Waals surface area contributed by atoms with Crippen LogP contribution in [0.5, 0.6) is 11.5 Å². The Balaban J connectivity index is 0.00000242. The zero-order chi connectivity index (χ0) is 15.2. The van der Waals surface area contributed by atoms with Crippen LogP contribution in [0.4, 0.5) is 0 Å². The van der Waals surface area contributed by atoms with E-state index >= 15 is 0 Å². The molecule has 6 nitrogen and oxygen atoms in total. The first kappa shape index (κ1) is 17.5. The number of esters is 2. The van der Waals surface area contributed by atoms with Gasteiger partial charge in [-0.3, -0.25) is 0 Å². The number of benzene rings is 2. The third-order valence-corrected chi connectivity index (χ3v) is 2.63.